The van der Waals surface area contributed by atoms with Crippen molar-refractivity contribution in [1.82, 2.24) is 5.32 Å². The molecule has 0 unspecified atom stereocenters. The van der Waals surface area contributed by atoms with Gasteiger partial charge in [-0.15, -0.1) is 0 Å². The highest BCUT2D eigenvalue weighted by molar-refractivity contribution is 5.97. The molecule has 0 aliphatic heterocycles. The second kappa shape index (κ2) is 5.08. The van der Waals surface area contributed by atoms with Crippen molar-refractivity contribution in [3.8, 4) is 0 Å². The number of carboxylic acid groups (broad SMARTS) is 1. The monoisotopic (exact) mass is 250 g/mol. The summed E-state index contributed by atoms with van der Waals surface area (Å²) in [6.07, 6.45) is 0. The first kappa shape index (κ1) is 14.0. The summed E-state index contributed by atoms with van der Waals surface area (Å²) in [7, 11) is 0. The number of nitrogens with two attached hydrogens (primary N) is 1. The molecule has 1 aromatic rings. The Bertz CT molecular complexity index is 481. The number of hydrogen-bond donors (Lipinski definition) is 3. The summed E-state index contributed by atoms with van der Waals surface area (Å²) in [5.41, 5.74) is 6.43. The van der Waals surface area contributed by atoms with Crippen LogP contribution in [0.5, 0.6) is 0 Å². The van der Waals surface area contributed by atoms with E-state index in [4.69, 9.17) is 10.8 Å². The Labute approximate surface area is 106 Å². The van der Waals surface area contributed by atoms with Crippen LogP contribution in [0.2, 0.25) is 0 Å². The van der Waals surface area contributed by atoms with Gasteiger partial charge in [-0.05, 0) is 38.5 Å². The number of aliphatic carboxylic acids is 1. The molecule has 1 aromatic carbocycles. The molecule has 0 aliphatic rings. The molecule has 5 heteroatoms. The van der Waals surface area contributed by atoms with Crippen molar-refractivity contribution in [1.29, 1.82) is 0 Å². The fourth-order valence-electron chi connectivity index (χ4n) is 1.37. The van der Waals surface area contributed by atoms with Gasteiger partial charge in [0.05, 0.1) is 5.41 Å². The standard InChI is InChI=1S/C13H18N2O3/c1-8-9(5-4-6-10(8)14)11(16)15-7-13(2,3)12(17)18/h4-6H,7,14H2,1-3H3,(H,15,16)(H,17,18). The highest BCUT2D eigenvalue weighted by Gasteiger charge is 2.27. The molecule has 0 bridgehead atoms. The molecule has 0 aromatic heterocycles. The lowest BCUT2D eigenvalue weighted by molar-refractivity contribution is -0.146. The van der Waals surface area contributed by atoms with E-state index in [2.05, 4.69) is 5.32 Å². The minimum Gasteiger partial charge on any atom is -0.481 e. The van der Waals surface area contributed by atoms with E-state index in [1.165, 1.54) is 0 Å². The second-order valence-electron chi connectivity index (χ2n) is 4.89. The first-order valence-corrected chi connectivity index (χ1v) is 5.62. The first-order chi connectivity index (χ1) is 8.25. The summed E-state index contributed by atoms with van der Waals surface area (Å²) in [6.45, 7) is 4.94. The van der Waals surface area contributed by atoms with E-state index in [-0.39, 0.29) is 12.5 Å². The molecule has 98 valence electrons. The minimum absolute atomic E-state index is 0.0649. The number of carbonyl (C=O) groups excluding carboxylic acids is 1. The van der Waals surface area contributed by atoms with Gasteiger partial charge in [0, 0.05) is 17.8 Å². The quantitative estimate of drug-likeness (QED) is 0.704. The van der Waals surface area contributed by atoms with Gasteiger partial charge < -0.3 is 16.2 Å². The largest absolute Gasteiger partial charge is 0.481 e. The Morgan fingerprint density at radius 2 is 2.00 bits per heavy atom. The average Bonchev–Trinajstić information content (AvgIpc) is 2.29. The summed E-state index contributed by atoms with van der Waals surface area (Å²) in [4.78, 5) is 22.8. The number of nitrogens with one attached hydrogen (secondary N) is 1. The van der Waals surface area contributed by atoms with Crippen molar-refractivity contribution in [2.24, 2.45) is 5.41 Å². The van der Waals surface area contributed by atoms with E-state index in [0.29, 0.717) is 16.8 Å². The number of benzene rings is 1. The molecule has 0 saturated heterocycles. The Hall–Kier alpha value is -2.04. The van der Waals surface area contributed by atoms with E-state index in [1.54, 1.807) is 39.0 Å². The number of carboxylic acids is 1. The summed E-state index contributed by atoms with van der Waals surface area (Å²) >= 11 is 0. The topological polar surface area (TPSA) is 92.4 Å². The zero-order valence-corrected chi connectivity index (χ0v) is 10.8. The molecular formula is C13H18N2O3. The summed E-state index contributed by atoms with van der Waals surface area (Å²) in [6, 6.07) is 5.07. The molecule has 0 heterocycles. The smallest absolute Gasteiger partial charge is 0.310 e. The molecule has 1 rings (SSSR count). The maximum Gasteiger partial charge on any atom is 0.310 e. The Kier molecular flexibility index (Phi) is 3.96. The van der Waals surface area contributed by atoms with E-state index >= 15 is 0 Å². The van der Waals surface area contributed by atoms with E-state index in [1.807, 2.05) is 0 Å². The van der Waals surface area contributed by atoms with Crippen molar-refractivity contribution in [3.63, 3.8) is 0 Å². The van der Waals surface area contributed by atoms with Gasteiger partial charge in [-0.3, -0.25) is 9.59 Å². The van der Waals surface area contributed by atoms with Gasteiger partial charge >= 0.3 is 5.97 Å². The number of hydrogen-bond acceptors (Lipinski definition) is 3. The van der Waals surface area contributed by atoms with Gasteiger partial charge in [0.15, 0.2) is 0 Å². The van der Waals surface area contributed by atoms with Gasteiger partial charge in [0.25, 0.3) is 5.91 Å². The van der Waals surface area contributed by atoms with Gasteiger partial charge in [0.2, 0.25) is 0 Å². The Morgan fingerprint density at radius 1 is 1.39 bits per heavy atom. The van der Waals surface area contributed by atoms with Crippen molar-refractivity contribution in [2.75, 3.05) is 12.3 Å². The van der Waals surface area contributed by atoms with Crippen LogP contribution in [0.25, 0.3) is 0 Å². The summed E-state index contributed by atoms with van der Waals surface area (Å²) in [5.74, 6) is -1.26. The lowest BCUT2D eigenvalue weighted by Gasteiger charge is -2.20. The number of rotatable bonds is 4. The Morgan fingerprint density at radius 3 is 2.56 bits per heavy atom. The molecule has 0 aliphatic carbocycles. The van der Waals surface area contributed by atoms with Crippen molar-refractivity contribution in [2.45, 2.75) is 20.8 Å². The van der Waals surface area contributed by atoms with Crippen LogP contribution in [0.1, 0.15) is 29.8 Å². The van der Waals surface area contributed by atoms with Gasteiger partial charge in [-0.25, -0.2) is 0 Å². The fraction of sp³-hybridized carbons (Fsp3) is 0.385. The maximum atomic E-state index is 11.9. The SMILES string of the molecule is Cc1c(N)cccc1C(=O)NCC(C)(C)C(=O)O. The van der Waals surface area contributed by atoms with Gasteiger partial charge in [-0.1, -0.05) is 6.07 Å². The predicted molar refractivity (Wildman–Crippen MR) is 69.3 cm³/mol. The van der Waals surface area contributed by atoms with Crippen molar-refractivity contribution < 1.29 is 14.7 Å². The molecule has 0 atom stereocenters. The number of nitrogen functional groups attached to an aromatic ring is 1. The van der Waals surface area contributed by atoms with Crippen LogP contribution in [0.4, 0.5) is 5.69 Å². The predicted octanol–water partition coefficient (Wildman–Crippen LogP) is 1.42. The highest BCUT2D eigenvalue weighted by atomic mass is 16.4. The second-order valence-corrected chi connectivity index (χ2v) is 4.89. The molecule has 1 amide bonds. The van der Waals surface area contributed by atoms with Crippen molar-refractivity contribution >= 4 is 17.6 Å². The fourth-order valence-corrected chi connectivity index (χ4v) is 1.37. The van der Waals surface area contributed by atoms with Gasteiger partial charge in [-0.2, -0.15) is 0 Å². The lowest BCUT2D eigenvalue weighted by atomic mass is 9.93. The van der Waals surface area contributed by atoms with Crippen LogP contribution in [0, 0.1) is 12.3 Å². The number of anilines is 1. The van der Waals surface area contributed by atoms with Crippen LogP contribution in [0.15, 0.2) is 18.2 Å². The minimum atomic E-state index is -0.996. The molecule has 5 nitrogen and oxygen atoms in total. The molecule has 0 spiro atoms. The third-order valence-corrected chi connectivity index (χ3v) is 2.89. The van der Waals surface area contributed by atoms with Crippen LogP contribution in [-0.4, -0.2) is 23.5 Å². The molecule has 0 fully saturated rings. The Balaban J connectivity index is 2.78. The zero-order chi connectivity index (χ0) is 13.9. The maximum absolute atomic E-state index is 11.9. The average molecular weight is 250 g/mol. The number of amides is 1. The van der Waals surface area contributed by atoms with E-state index in [0.717, 1.165) is 0 Å². The molecular weight excluding hydrogens is 232 g/mol. The molecule has 4 N–H and O–H groups in total. The van der Waals surface area contributed by atoms with E-state index < -0.39 is 11.4 Å². The molecule has 0 radical (unpaired) electrons. The van der Waals surface area contributed by atoms with Crippen molar-refractivity contribution in [3.05, 3.63) is 29.3 Å². The normalized spacial score (nSPS) is 11.1. The zero-order valence-electron chi connectivity index (χ0n) is 10.8. The van der Waals surface area contributed by atoms with Crippen LogP contribution in [0.3, 0.4) is 0 Å². The van der Waals surface area contributed by atoms with E-state index in [9.17, 15) is 9.59 Å². The lowest BCUT2D eigenvalue weighted by Crippen LogP contribution is -2.39. The summed E-state index contributed by atoms with van der Waals surface area (Å²) in [5, 5.41) is 11.6. The van der Waals surface area contributed by atoms with Crippen LogP contribution in [-0.2, 0) is 4.79 Å². The molecule has 0 saturated carbocycles. The number of carbonyl (C=O) groups is 2. The van der Waals surface area contributed by atoms with Crippen LogP contribution >= 0.6 is 0 Å². The van der Waals surface area contributed by atoms with Gasteiger partial charge in [0.1, 0.15) is 0 Å². The third-order valence-electron chi connectivity index (χ3n) is 2.89. The summed E-state index contributed by atoms with van der Waals surface area (Å²) < 4.78 is 0. The highest BCUT2D eigenvalue weighted by Crippen LogP contribution is 2.17. The van der Waals surface area contributed by atoms with Crippen LogP contribution < -0.4 is 11.1 Å². The molecule has 18 heavy (non-hydrogen) atoms. The first-order valence-electron chi connectivity index (χ1n) is 5.62. The third kappa shape index (κ3) is 3.00.